The molecule has 0 radical (unpaired) electrons. The number of anilines is 1. The fourth-order valence-corrected chi connectivity index (χ4v) is 4.49. The molecular weight excluding hydrogens is 410 g/mol. The maximum Gasteiger partial charge on any atom is 0.0868 e. The average Bonchev–Trinajstić information content (AvgIpc) is 3.43. The molecule has 1 saturated heterocycles. The van der Waals surface area contributed by atoms with Gasteiger partial charge in [0, 0.05) is 60.3 Å². The highest BCUT2D eigenvalue weighted by molar-refractivity contribution is 6.16. The van der Waals surface area contributed by atoms with Crippen molar-refractivity contribution in [3.8, 4) is 0 Å². The molecule has 0 bridgehead atoms. The summed E-state index contributed by atoms with van der Waals surface area (Å²) in [4.78, 5) is 9.81. The van der Waals surface area contributed by atoms with E-state index in [9.17, 15) is 0 Å². The van der Waals surface area contributed by atoms with Crippen molar-refractivity contribution >= 4 is 34.1 Å². The number of nitrogens with two attached hydrogens (primary N) is 2. The zero-order valence-corrected chi connectivity index (χ0v) is 19.4. The normalized spacial score (nSPS) is 17.4. The van der Waals surface area contributed by atoms with Crippen LogP contribution in [0, 0.1) is 11.3 Å². The topological polar surface area (TPSA) is 119 Å². The van der Waals surface area contributed by atoms with Gasteiger partial charge in [-0.15, -0.1) is 0 Å². The monoisotopic (exact) mass is 443 g/mol. The van der Waals surface area contributed by atoms with E-state index in [4.69, 9.17) is 16.9 Å². The molecule has 1 unspecified atom stereocenters. The molecule has 4 rings (SSSR count). The number of hydrogen-bond acceptors (Lipinski definition) is 6. The third-order valence-electron chi connectivity index (χ3n) is 6.31. The fourth-order valence-electron chi connectivity index (χ4n) is 4.49. The fraction of sp³-hybridized carbons (Fsp3) is 0.308. The summed E-state index contributed by atoms with van der Waals surface area (Å²) in [6.45, 7) is 4.26. The Labute approximate surface area is 195 Å². The van der Waals surface area contributed by atoms with Crippen LogP contribution in [0.2, 0.25) is 0 Å². The van der Waals surface area contributed by atoms with Crippen LogP contribution in [-0.2, 0) is 6.54 Å². The third kappa shape index (κ3) is 5.16. The summed E-state index contributed by atoms with van der Waals surface area (Å²) in [5.74, 6) is 0.734. The number of benzene rings is 2. The maximum absolute atomic E-state index is 8.81. The largest absolute Gasteiger partial charge is 0.404 e. The Morgan fingerprint density at radius 2 is 2.12 bits per heavy atom. The molecule has 33 heavy (non-hydrogen) atoms. The Bertz CT molecular complexity index is 1200. The Morgan fingerprint density at radius 1 is 1.27 bits per heavy atom. The minimum absolute atomic E-state index is 0.348. The van der Waals surface area contributed by atoms with E-state index < -0.39 is 0 Å². The predicted molar refractivity (Wildman–Crippen MR) is 139 cm³/mol. The van der Waals surface area contributed by atoms with Crippen molar-refractivity contribution < 1.29 is 0 Å². The minimum Gasteiger partial charge on any atom is -0.404 e. The summed E-state index contributed by atoms with van der Waals surface area (Å²) in [7, 11) is 3.89. The van der Waals surface area contributed by atoms with Gasteiger partial charge >= 0.3 is 0 Å². The van der Waals surface area contributed by atoms with Crippen LogP contribution in [0.4, 0.5) is 5.69 Å². The summed E-state index contributed by atoms with van der Waals surface area (Å²) in [6, 6.07) is 14.0. The van der Waals surface area contributed by atoms with Crippen LogP contribution in [0.25, 0.3) is 16.5 Å². The first-order valence-corrected chi connectivity index (χ1v) is 11.3. The standard InChI is InChI=1S/C26H33N7/c1-30-15-21(12-27)19-4-5-23(28)22(10-19)26(29)25-11-20-9-17(3-6-24(20)32-25)13-31-14-18-7-8-33(2)16-18/h3-6,9-12,15,18,29,31-32H,7-8,13-14,16,27-28H2,1-2H3. The first kappa shape index (κ1) is 22.8. The molecule has 7 N–H and O–H groups in total. The molecule has 0 amide bonds. The van der Waals surface area contributed by atoms with E-state index in [1.54, 1.807) is 19.3 Å². The highest BCUT2D eigenvalue weighted by Gasteiger charge is 2.18. The molecule has 1 aliphatic heterocycles. The van der Waals surface area contributed by atoms with Crippen LogP contribution in [0.3, 0.4) is 0 Å². The van der Waals surface area contributed by atoms with Crippen molar-refractivity contribution in [1.82, 2.24) is 15.2 Å². The molecule has 0 saturated carbocycles. The van der Waals surface area contributed by atoms with E-state index in [2.05, 4.69) is 45.4 Å². The summed E-state index contributed by atoms with van der Waals surface area (Å²) in [6.07, 6.45) is 4.47. The Morgan fingerprint density at radius 3 is 2.85 bits per heavy atom. The van der Waals surface area contributed by atoms with Gasteiger partial charge in [-0.1, -0.05) is 12.1 Å². The van der Waals surface area contributed by atoms with Crippen LogP contribution in [0.15, 0.2) is 53.7 Å². The lowest BCUT2D eigenvalue weighted by Gasteiger charge is -2.11. The molecule has 0 spiro atoms. The van der Waals surface area contributed by atoms with Gasteiger partial charge in [0.2, 0.25) is 0 Å². The summed E-state index contributed by atoms with van der Waals surface area (Å²) in [5, 5.41) is 13.5. The van der Waals surface area contributed by atoms with E-state index in [1.807, 2.05) is 18.2 Å². The van der Waals surface area contributed by atoms with Crippen molar-refractivity contribution in [1.29, 1.82) is 5.41 Å². The Kier molecular flexibility index (Phi) is 6.91. The number of allylic oxidation sites excluding steroid dienone is 1. The van der Waals surface area contributed by atoms with Gasteiger partial charge in [-0.2, -0.15) is 0 Å². The quantitative estimate of drug-likeness (QED) is 0.271. The van der Waals surface area contributed by atoms with Crippen molar-refractivity contribution in [3.63, 3.8) is 0 Å². The number of rotatable bonds is 8. The number of fused-ring (bicyclic) bond motifs is 1. The van der Waals surface area contributed by atoms with Gasteiger partial charge in [0.15, 0.2) is 0 Å². The van der Waals surface area contributed by atoms with Gasteiger partial charge < -0.3 is 26.7 Å². The number of likely N-dealkylation sites (tertiary alicyclic amines) is 1. The summed E-state index contributed by atoms with van der Waals surface area (Å²) in [5.41, 5.74) is 18.2. The van der Waals surface area contributed by atoms with Gasteiger partial charge in [0.25, 0.3) is 0 Å². The van der Waals surface area contributed by atoms with Crippen LogP contribution in [0.1, 0.15) is 28.8 Å². The number of nitrogen functional groups attached to an aromatic ring is 1. The van der Waals surface area contributed by atoms with E-state index in [0.29, 0.717) is 17.0 Å². The van der Waals surface area contributed by atoms with E-state index in [1.165, 1.54) is 31.3 Å². The number of hydrogen-bond donors (Lipinski definition) is 5. The highest BCUT2D eigenvalue weighted by Crippen LogP contribution is 2.24. The molecule has 172 valence electrons. The van der Waals surface area contributed by atoms with Crippen LogP contribution in [-0.4, -0.2) is 55.5 Å². The molecule has 1 aromatic heterocycles. The lowest BCUT2D eigenvalue weighted by Crippen LogP contribution is -2.24. The molecule has 0 aliphatic carbocycles. The SMILES string of the molecule is CN=CC(=CN)c1ccc(N)c(C(=N)c2cc3cc(CNCC4CCN(C)C4)ccc3[nH]2)c1. The maximum atomic E-state index is 8.81. The van der Waals surface area contributed by atoms with Gasteiger partial charge in [0.05, 0.1) is 11.4 Å². The van der Waals surface area contributed by atoms with Gasteiger partial charge in [-0.05, 0) is 73.9 Å². The number of nitrogens with one attached hydrogen (secondary N) is 3. The lowest BCUT2D eigenvalue weighted by atomic mass is 9.99. The number of aromatic nitrogens is 1. The zero-order valence-electron chi connectivity index (χ0n) is 19.4. The van der Waals surface area contributed by atoms with E-state index in [0.717, 1.165) is 46.7 Å². The second-order valence-corrected chi connectivity index (χ2v) is 8.84. The first-order valence-electron chi connectivity index (χ1n) is 11.3. The van der Waals surface area contributed by atoms with Gasteiger partial charge in [-0.3, -0.25) is 10.4 Å². The number of aromatic amines is 1. The third-order valence-corrected chi connectivity index (χ3v) is 6.31. The molecular formula is C26H33N7. The molecule has 1 aliphatic rings. The second kappa shape index (κ2) is 10.0. The molecule has 3 aromatic rings. The average molecular weight is 444 g/mol. The van der Waals surface area contributed by atoms with Gasteiger partial charge in [-0.25, -0.2) is 0 Å². The van der Waals surface area contributed by atoms with E-state index >= 15 is 0 Å². The summed E-state index contributed by atoms with van der Waals surface area (Å²) >= 11 is 0. The van der Waals surface area contributed by atoms with E-state index in [-0.39, 0.29) is 0 Å². The smallest absolute Gasteiger partial charge is 0.0868 e. The highest BCUT2D eigenvalue weighted by atomic mass is 15.1. The second-order valence-electron chi connectivity index (χ2n) is 8.84. The number of H-pyrrole nitrogens is 1. The lowest BCUT2D eigenvalue weighted by molar-refractivity contribution is 0.388. The first-order chi connectivity index (χ1) is 16.0. The van der Waals surface area contributed by atoms with Crippen LogP contribution in [0.5, 0.6) is 0 Å². The molecule has 1 fully saturated rings. The molecule has 2 aromatic carbocycles. The molecule has 2 heterocycles. The Balaban J connectivity index is 1.51. The molecule has 7 nitrogen and oxygen atoms in total. The number of aliphatic imine (C=N–C) groups is 1. The van der Waals surface area contributed by atoms with Gasteiger partial charge in [0.1, 0.15) is 0 Å². The molecule has 1 atom stereocenters. The van der Waals surface area contributed by atoms with Crippen molar-refractivity contribution in [2.75, 3.05) is 39.5 Å². The van der Waals surface area contributed by atoms with Crippen LogP contribution < -0.4 is 16.8 Å². The van der Waals surface area contributed by atoms with Crippen molar-refractivity contribution in [2.45, 2.75) is 13.0 Å². The zero-order chi connectivity index (χ0) is 23.4. The Hall–Kier alpha value is -3.42. The summed E-state index contributed by atoms with van der Waals surface area (Å²) < 4.78 is 0. The van der Waals surface area contributed by atoms with Crippen molar-refractivity contribution in [2.24, 2.45) is 16.6 Å². The number of nitrogens with zero attached hydrogens (tertiary/aromatic N) is 2. The van der Waals surface area contributed by atoms with Crippen LogP contribution >= 0.6 is 0 Å². The minimum atomic E-state index is 0.348. The molecule has 7 heteroatoms. The van der Waals surface area contributed by atoms with Crippen molar-refractivity contribution in [3.05, 3.63) is 71.0 Å². The predicted octanol–water partition coefficient (Wildman–Crippen LogP) is 3.21.